The van der Waals surface area contributed by atoms with Gasteiger partial charge in [-0.05, 0) is 40.2 Å². The third kappa shape index (κ3) is 11.0. The Balaban J connectivity index is 3.35. The van der Waals surface area contributed by atoms with Gasteiger partial charge in [-0.3, -0.25) is 19.2 Å². The highest BCUT2D eigenvalue weighted by Gasteiger charge is 2.37. The second-order valence-electron chi connectivity index (χ2n) is 9.15. The van der Waals surface area contributed by atoms with Gasteiger partial charge in [-0.25, -0.2) is 4.79 Å². The average molecular weight is 518 g/mol. The van der Waals surface area contributed by atoms with Crippen LogP contribution in [0.15, 0.2) is 24.3 Å². The smallest absolute Gasteiger partial charge is 0.408 e. The summed E-state index contributed by atoms with van der Waals surface area (Å²) in [6.45, 7) is 7.92. The Kier molecular flexibility index (Phi) is 12.0. The van der Waals surface area contributed by atoms with Gasteiger partial charge in [-0.15, -0.1) is 0 Å². The van der Waals surface area contributed by atoms with Crippen LogP contribution in [-0.2, 0) is 28.7 Å². The first-order chi connectivity index (χ1) is 17.3. The van der Waals surface area contributed by atoms with Crippen LogP contribution in [0, 0.1) is 18.3 Å². The molecule has 0 bridgehead atoms. The molecule has 0 spiro atoms. The van der Waals surface area contributed by atoms with Crippen LogP contribution in [0.4, 0.5) is 4.79 Å². The lowest BCUT2D eigenvalue weighted by molar-refractivity contribution is -0.144. The van der Waals surface area contributed by atoms with Crippen LogP contribution >= 0.6 is 0 Å². The molecule has 4 N–H and O–H groups in total. The summed E-state index contributed by atoms with van der Waals surface area (Å²) in [6.07, 6.45) is -1.67. The number of hydrogen-bond acceptors (Lipinski definition) is 8. The Labute approximate surface area is 216 Å². The second-order valence-corrected chi connectivity index (χ2v) is 9.15. The molecule has 0 radical (unpaired) electrons. The van der Waals surface area contributed by atoms with Crippen LogP contribution < -0.4 is 16.4 Å². The molecule has 0 fully saturated rings. The van der Waals surface area contributed by atoms with Crippen LogP contribution in [0.3, 0.4) is 0 Å². The molecule has 0 saturated carbocycles. The molecule has 0 aliphatic carbocycles. The summed E-state index contributed by atoms with van der Waals surface area (Å²) in [4.78, 5) is 63.5. The number of esters is 1. The number of alkyl carbamates (subject to hydrolysis) is 1. The Hall–Kier alpha value is -4.14. The maximum absolute atomic E-state index is 13.6. The maximum atomic E-state index is 13.6. The summed E-state index contributed by atoms with van der Waals surface area (Å²) in [5.41, 5.74) is 5.68. The lowest BCUT2D eigenvalue weighted by atomic mass is 10.0. The highest BCUT2D eigenvalue weighted by atomic mass is 16.6. The normalized spacial score (nSPS) is 12.3. The molecule has 0 heterocycles. The van der Waals surface area contributed by atoms with E-state index in [9.17, 15) is 29.2 Å². The molecule has 0 saturated heterocycles. The highest BCUT2D eigenvalue weighted by Crippen LogP contribution is 2.23. The van der Waals surface area contributed by atoms with Crippen molar-refractivity contribution < 1.29 is 33.4 Å². The summed E-state index contributed by atoms with van der Waals surface area (Å²) in [5, 5.41) is 14.4. The SMILES string of the molecule is CCOC(=O)CCNC(=O)C(c1ccc(C)cc1)N(CC#N)C(=O)C(CC(N)=O)NC(=O)OC(C)(C)C. The number of aryl methyl sites for hydroxylation is 1. The van der Waals surface area contributed by atoms with Gasteiger partial charge in [0.05, 0.1) is 25.5 Å². The summed E-state index contributed by atoms with van der Waals surface area (Å²) < 4.78 is 10.0. The van der Waals surface area contributed by atoms with E-state index < -0.39 is 60.4 Å². The lowest BCUT2D eigenvalue weighted by Crippen LogP contribution is -2.54. The first-order valence-electron chi connectivity index (χ1n) is 11.7. The van der Waals surface area contributed by atoms with Gasteiger partial charge in [0, 0.05) is 6.54 Å². The zero-order valence-electron chi connectivity index (χ0n) is 21.8. The van der Waals surface area contributed by atoms with Crippen LogP contribution in [0.2, 0.25) is 0 Å². The van der Waals surface area contributed by atoms with E-state index in [1.165, 1.54) is 0 Å². The minimum Gasteiger partial charge on any atom is -0.466 e. The number of nitriles is 1. The quantitative estimate of drug-likeness (QED) is 0.273. The minimum atomic E-state index is -1.50. The molecule has 4 amide bonds. The first kappa shape index (κ1) is 30.9. The van der Waals surface area contributed by atoms with Crippen molar-refractivity contribution in [2.75, 3.05) is 19.7 Å². The lowest BCUT2D eigenvalue weighted by Gasteiger charge is -2.32. The third-order valence-corrected chi connectivity index (χ3v) is 4.81. The van der Waals surface area contributed by atoms with E-state index >= 15 is 0 Å². The fraction of sp³-hybridized carbons (Fsp3) is 0.520. The Morgan fingerprint density at radius 2 is 1.76 bits per heavy atom. The van der Waals surface area contributed by atoms with Gasteiger partial charge in [0.15, 0.2) is 0 Å². The average Bonchev–Trinajstić information content (AvgIpc) is 2.77. The molecule has 12 nitrogen and oxygen atoms in total. The summed E-state index contributed by atoms with van der Waals surface area (Å²) in [7, 11) is 0. The third-order valence-electron chi connectivity index (χ3n) is 4.81. The standard InChI is InChI=1S/C25H35N5O7/c1-6-36-20(32)11-13-28-22(33)21(17-9-7-16(2)8-10-17)30(14-12-26)23(34)18(15-19(27)31)29-24(35)37-25(3,4)5/h7-10,18,21H,6,11,13-15H2,1-5H3,(H2,27,31)(H,28,33)(H,29,35). The molecular formula is C25H35N5O7. The minimum absolute atomic E-state index is 0.0739. The van der Waals surface area contributed by atoms with Crippen molar-refractivity contribution in [3.8, 4) is 6.07 Å². The molecule has 12 heteroatoms. The number of hydrogen-bond donors (Lipinski definition) is 3. The molecule has 2 atom stereocenters. The highest BCUT2D eigenvalue weighted by molar-refractivity contribution is 5.94. The molecule has 1 aromatic carbocycles. The monoisotopic (exact) mass is 517 g/mol. The van der Waals surface area contributed by atoms with Crippen molar-refractivity contribution in [3.63, 3.8) is 0 Å². The van der Waals surface area contributed by atoms with Crippen molar-refractivity contribution in [2.24, 2.45) is 5.73 Å². The number of nitrogens with zero attached hydrogens (tertiary/aromatic N) is 2. The fourth-order valence-electron chi connectivity index (χ4n) is 3.26. The fourth-order valence-corrected chi connectivity index (χ4v) is 3.26. The molecular weight excluding hydrogens is 482 g/mol. The van der Waals surface area contributed by atoms with Crippen molar-refractivity contribution in [3.05, 3.63) is 35.4 Å². The van der Waals surface area contributed by atoms with Gasteiger partial charge in [-0.1, -0.05) is 29.8 Å². The molecule has 0 aromatic heterocycles. The number of carbonyl (C=O) groups is 5. The molecule has 37 heavy (non-hydrogen) atoms. The zero-order chi connectivity index (χ0) is 28.2. The first-order valence-corrected chi connectivity index (χ1v) is 11.7. The van der Waals surface area contributed by atoms with E-state index in [1.54, 1.807) is 52.0 Å². The van der Waals surface area contributed by atoms with Gasteiger partial charge in [-0.2, -0.15) is 5.26 Å². The van der Waals surface area contributed by atoms with E-state index in [-0.39, 0.29) is 19.6 Å². The van der Waals surface area contributed by atoms with Gasteiger partial charge < -0.3 is 30.7 Å². The zero-order valence-corrected chi connectivity index (χ0v) is 21.8. The predicted molar refractivity (Wildman–Crippen MR) is 132 cm³/mol. The number of nitrogens with one attached hydrogen (secondary N) is 2. The molecule has 1 rings (SSSR count). The van der Waals surface area contributed by atoms with Crippen LogP contribution in [-0.4, -0.2) is 66.0 Å². The van der Waals surface area contributed by atoms with Crippen LogP contribution in [0.25, 0.3) is 0 Å². The van der Waals surface area contributed by atoms with Crippen molar-refractivity contribution in [1.82, 2.24) is 15.5 Å². The van der Waals surface area contributed by atoms with Gasteiger partial charge in [0.25, 0.3) is 0 Å². The molecule has 1 aromatic rings. The maximum Gasteiger partial charge on any atom is 0.408 e. The van der Waals surface area contributed by atoms with E-state index in [2.05, 4.69) is 10.6 Å². The number of nitrogens with two attached hydrogens (primary N) is 1. The number of benzene rings is 1. The second kappa shape index (κ2) is 14.4. The molecule has 202 valence electrons. The van der Waals surface area contributed by atoms with E-state index in [1.807, 2.05) is 13.0 Å². The molecule has 0 aliphatic rings. The summed E-state index contributed by atoms with van der Waals surface area (Å²) in [6, 6.07) is 5.72. The van der Waals surface area contributed by atoms with Crippen molar-refractivity contribution in [1.29, 1.82) is 5.26 Å². The summed E-state index contributed by atoms with van der Waals surface area (Å²) >= 11 is 0. The van der Waals surface area contributed by atoms with Gasteiger partial charge in [0.1, 0.15) is 24.2 Å². The van der Waals surface area contributed by atoms with E-state index in [4.69, 9.17) is 15.2 Å². The number of carbonyl (C=O) groups excluding carboxylic acids is 5. The van der Waals surface area contributed by atoms with E-state index in [0.29, 0.717) is 5.56 Å². The topological polar surface area (TPSA) is 181 Å². The van der Waals surface area contributed by atoms with Gasteiger partial charge >= 0.3 is 12.1 Å². The number of rotatable bonds is 12. The van der Waals surface area contributed by atoms with E-state index in [0.717, 1.165) is 10.5 Å². The van der Waals surface area contributed by atoms with Crippen LogP contribution in [0.1, 0.15) is 57.7 Å². The molecule has 2 unspecified atom stereocenters. The predicted octanol–water partition coefficient (Wildman–Crippen LogP) is 1.23. The Bertz CT molecular complexity index is 1010. The summed E-state index contributed by atoms with van der Waals surface area (Å²) in [5.74, 6) is -2.97. The van der Waals surface area contributed by atoms with Crippen LogP contribution in [0.5, 0.6) is 0 Å². The largest absolute Gasteiger partial charge is 0.466 e. The van der Waals surface area contributed by atoms with Crippen molar-refractivity contribution in [2.45, 2.75) is 65.1 Å². The van der Waals surface area contributed by atoms with Gasteiger partial charge in [0.2, 0.25) is 17.7 Å². The Morgan fingerprint density at radius 1 is 1.14 bits per heavy atom. The number of amides is 4. The number of primary amides is 1. The number of ether oxygens (including phenoxy) is 2. The Morgan fingerprint density at radius 3 is 2.27 bits per heavy atom. The van der Waals surface area contributed by atoms with Crippen molar-refractivity contribution >= 4 is 29.8 Å². The molecule has 0 aliphatic heterocycles.